The molecule has 2 amide bonds. The van der Waals surface area contributed by atoms with Gasteiger partial charge >= 0.3 is 5.97 Å². The summed E-state index contributed by atoms with van der Waals surface area (Å²) in [6.45, 7) is 8.41. The summed E-state index contributed by atoms with van der Waals surface area (Å²) in [5, 5.41) is 12.5. The van der Waals surface area contributed by atoms with Crippen LogP contribution in [0.3, 0.4) is 0 Å². The van der Waals surface area contributed by atoms with E-state index >= 15 is 0 Å². The molecular weight excluding hydrogens is 472 g/mol. The van der Waals surface area contributed by atoms with Gasteiger partial charge in [-0.2, -0.15) is 0 Å². The quantitative estimate of drug-likeness (QED) is 0.176. The zero-order valence-corrected chi connectivity index (χ0v) is 21.8. The van der Waals surface area contributed by atoms with Crippen LogP contribution in [0.2, 0.25) is 0 Å². The van der Waals surface area contributed by atoms with E-state index < -0.39 is 12.0 Å². The minimum Gasteiger partial charge on any atom is -0.463 e. The van der Waals surface area contributed by atoms with E-state index in [0.717, 1.165) is 31.2 Å². The number of esters is 1. The average Bonchev–Trinajstić information content (AvgIpc) is 3.39. The Kier molecular flexibility index (Phi) is 14.3. The zero-order valence-electron chi connectivity index (χ0n) is 21.8. The summed E-state index contributed by atoms with van der Waals surface area (Å²) in [4.78, 5) is 39.9. The number of likely N-dealkylation sites (tertiary alicyclic amines) is 1. The summed E-state index contributed by atoms with van der Waals surface area (Å²) in [6, 6.07) is 8.90. The predicted octanol–water partition coefficient (Wildman–Crippen LogP) is 3.54. The minimum absolute atomic E-state index is 0.0196. The number of carbonyl (C=O) groups is 3. The smallest absolute Gasteiger partial charge is 0.305 e. The summed E-state index contributed by atoms with van der Waals surface area (Å²) in [5.74, 6) is -1.41. The first-order valence-electron chi connectivity index (χ1n) is 13.2. The van der Waals surface area contributed by atoms with Gasteiger partial charge in [-0.25, -0.2) is 0 Å². The largest absolute Gasteiger partial charge is 0.463 e. The van der Waals surface area contributed by atoms with Crippen LogP contribution in [0.1, 0.15) is 56.9 Å². The maximum Gasteiger partial charge on any atom is 0.305 e. The SMILES string of the molecule is C=CCCCCC(=O)OCC(COCc1ccccc1)NC(=O)C(CC=C)CC(=O)N1CCCC1CO. The lowest BCUT2D eigenvalue weighted by molar-refractivity contribution is -0.146. The van der Waals surface area contributed by atoms with Crippen molar-refractivity contribution in [3.63, 3.8) is 0 Å². The first-order valence-corrected chi connectivity index (χ1v) is 13.2. The predicted molar refractivity (Wildman–Crippen MR) is 142 cm³/mol. The molecule has 0 aliphatic carbocycles. The molecule has 0 radical (unpaired) electrons. The van der Waals surface area contributed by atoms with Crippen LogP contribution >= 0.6 is 0 Å². The molecule has 2 rings (SSSR count). The van der Waals surface area contributed by atoms with Crippen LogP contribution < -0.4 is 5.32 Å². The maximum absolute atomic E-state index is 13.2. The van der Waals surface area contributed by atoms with Crippen LogP contribution in [-0.4, -0.2) is 66.2 Å². The monoisotopic (exact) mass is 514 g/mol. The molecular formula is C29H42N2O6. The molecule has 1 aromatic carbocycles. The topological polar surface area (TPSA) is 105 Å². The van der Waals surface area contributed by atoms with Gasteiger partial charge in [-0.3, -0.25) is 14.4 Å². The highest BCUT2D eigenvalue weighted by Gasteiger charge is 2.31. The van der Waals surface area contributed by atoms with Crippen molar-refractivity contribution in [2.45, 2.75) is 70.1 Å². The number of nitrogens with one attached hydrogen (secondary N) is 1. The van der Waals surface area contributed by atoms with Crippen molar-refractivity contribution in [1.82, 2.24) is 10.2 Å². The third kappa shape index (κ3) is 11.3. The molecule has 1 aliphatic heterocycles. The highest BCUT2D eigenvalue weighted by atomic mass is 16.5. The molecule has 1 aliphatic rings. The van der Waals surface area contributed by atoms with Crippen molar-refractivity contribution in [2.24, 2.45) is 5.92 Å². The van der Waals surface area contributed by atoms with Crippen molar-refractivity contribution in [1.29, 1.82) is 0 Å². The molecule has 0 bridgehead atoms. The number of nitrogens with zero attached hydrogens (tertiary/aromatic N) is 1. The fourth-order valence-electron chi connectivity index (χ4n) is 4.33. The molecule has 8 heteroatoms. The zero-order chi connectivity index (χ0) is 26.9. The summed E-state index contributed by atoms with van der Waals surface area (Å²) < 4.78 is 11.3. The molecule has 1 fully saturated rings. The van der Waals surface area contributed by atoms with Crippen molar-refractivity contribution >= 4 is 17.8 Å². The summed E-state index contributed by atoms with van der Waals surface area (Å²) in [6.07, 6.45) is 8.12. The molecule has 2 N–H and O–H groups in total. The third-order valence-electron chi connectivity index (χ3n) is 6.41. The summed E-state index contributed by atoms with van der Waals surface area (Å²) in [5.41, 5.74) is 0.992. The van der Waals surface area contributed by atoms with E-state index in [1.807, 2.05) is 36.4 Å². The number of aliphatic hydroxyl groups excluding tert-OH is 1. The highest BCUT2D eigenvalue weighted by Crippen LogP contribution is 2.21. The van der Waals surface area contributed by atoms with Crippen LogP contribution in [0.15, 0.2) is 55.6 Å². The van der Waals surface area contributed by atoms with Crippen molar-refractivity contribution < 1.29 is 29.0 Å². The van der Waals surface area contributed by atoms with Gasteiger partial charge in [0.05, 0.1) is 37.8 Å². The second-order valence-corrected chi connectivity index (χ2v) is 9.41. The van der Waals surface area contributed by atoms with E-state index in [2.05, 4.69) is 18.5 Å². The number of aliphatic hydroxyl groups is 1. The molecule has 37 heavy (non-hydrogen) atoms. The molecule has 3 unspecified atom stereocenters. The van der Waals surface area contributed by atoms with E-state index in [4.69, 9.17) is 9.47 Å². The lowest BCUT2D eigenvalue weighted by Crippen LogP contribution is -2.46. The van der Waals surface area contributed by atoms with Gasteiger partial charge in [0.1, 0.15) is 6.61 Å². The van der Waals surface area contributed by atoms with Gasteiger partial charge < -0.3 is 24.8 Å². The number of unbranched alkanes of at least 4 members (excludes halogenated alkanes) is 2. The van der Waals surface area contributed by atoms with Crippen LogP contribution in [0.5, 0.6) is 0 Å². The Labute approximate surface area is 220 Å². The third-order valence-corrected chi connectivity index (χ3v) is 6.41. The van der Waals surface area contributed by atoms with E-state index in [1.54, 1.807) is 11.0 Å². The number of benzene rings is 1. The molecule has 1 saturated heterocycles. The van der Waals surface area contributed by atoms with E-state index in [9.17, 15) is 19.5 Å². The normalized spacial score (nSPS) is 16.6. The second kappa shape index (κ2) is 17.5. The van der Waals surface area contributed by atoms with Crippen LogP contribution in [-0.2, 0) is 30.5 Å². The number of hydrogen-bond donors (Lipinski definition) is 2. The molecule has 1 aromatic rings. The lowest BCUT2D eigenvalue weighted by Gasteiger charge is -2.26. The Morgan fingerprint density at radius 1 is 1.14 bits per heavy atom. The molecule has 8 nitrogen and oxygen atoms in total. The standard InChI is InChI=1S/C29H42N2O6/c1-3-5-6-10-16-28(34)37-22-25(21-36-20-23-13-8-7-9-14-23)30-29(35)24(12-4-2)18-27(33)31-17-11-15-26(31)19-32/h3-4,7-9,13-14,24-26,32H,1-2,5-6,10-12,15-22H2,(H,30,35). The highest BCUT2D eigenvalue weighted by molar-refractivity contribution is 5.86. The van der Waals surface area contributed by atoms with Gasteiger partial charge in [-0.1, -0.05) is 42.5 Å². The van der Waals surface area contributed by atoms with E-state index in [1.165, 1.54) is 0 Å². The first-order chi connectivity index (χ1) is 18.0. The maximum atomic E-state index is 13.2. The Morgan fingerprint density at radius 2 is 1.92 bits per heavy atom. The lowest BCUT2D eigenvalue weighted by atomic mass is 9.98. The van der Waals surface area contributed by atoms with Crippen molar-refractivity contribution in [3.05, 3.63) is 61.2 Å². The van der Waals surface area contributed by atoms with Gasteiger partial charge in [0, 0.05) is 19.4 Å². The van der Waals surface area contributed by atoms with Gasteiger partial charge in [0.15, 0.2) is 0 Å². The number of allylic oxidation sites excluding steroid dienone is 2. The molecule has 0 aromatic heterocycles. The Bertz CT molecular complexity index is 859. The minimum atomic E-state index is -0.615. The van der Waals surface area contributed by atoms with E-state index in [-0.39, 0.29) is 50.1 Å². The van der Waals surface area contributed by atoms with Crippen molar-refractivity contribution in [3.8, 4) is 0 Å². The summed E-state index contributed by atoms with van der Waals surface area (Å²) in [7, 11) is 0. The van der Waals surface area contributed by atoms with Crippen LogP contribution in [0.25, 0.3) is 0 Å². The Hall–Kier alpha value is -2.97. The fourth-order valence-corrected chi connectivity index (χ4v) is 4.33. The molecule has 204 valence electrons. The van der Waals surface area contributed by atoms with Gasteiger partial charge in [-0.05, 0) is 44.1 Å². The number of hydrogen-bond acceptors (Lipinski definition) is 6. The van der Waals surface area contributed by atoms with Gasteiger partial charge in [0.2, 0.25) is 11.8 Å². The van der Waals surface area contributed by atoms with Gasteiger partial charge in [0.25, 0.3) is 0 Å². The molecule has 3 atom stereocenters. The van der Waals surface area contributed by atoms with Gasteiger partial charge in [-0.15, -0.1) is 13.2 Å². The van der Waals surface area contributed by atoms with Crippen molar-refractivity contribution in [2.75, 3.05) is 26.4 Å². The number of ether oxygens (including phenoxy) is 2. The Balaban J connectivity index is 1.96. The van der Waals surface area contributed by atoms with Crippen LogP contribution in [0, 0.1) is 5.92 Å². The van der Waals surface area contributed by atoms with Crippen LogP contribution in [0.4, 0.5) is 0 Å². The number of rotatable bonds is 18. The molecule has 0 saturated carbocycles. The number of amides is 2. The second-order valence-electron chi connectivity index (χ2n) is 9.41. The van der Waals surface area contributed by atoms with E-state index in [0.29, 0.717) is 32.4 Å². The fraction of sp³-hybridized carbons (Fsp3) is 0.552. The summed E-state index contributed by atoms with van der Waals surface area (Å²) >= 11 is 0. The average molecular weight is 515 g/mol. The first kappa shape index (κ1) is 30.3. The Morgan fingerprint density at radius 3 is 2.62 bits per heavy atom. The molecule has 1 heterocycles. The molecule has 0 spiro atoms. The number of carbonyl (C=O) groups excluding carboxylic acids is 3.